The molecule has 1 atom stereocenters. The van der Waals surface area contributed by atoms with E-state index < -0.39 is 6.10 Å². The Hall–Kier alpha value is -1.89. The van der Waals surface area contributed by atoms with Crippen molar-refractivity contribution in [2.75, 3.05) is 0 Å². The molecule has 1 amide bonds. The van der Waals surface area contributed by atoms with E-state index in [-0.39, 0.29) is 11.9 Å². The Bertz CT molecular complexity index is 637. The molecule has 1 heterocycles. The van der Waals surface area contributed by atoms with Gasteiger partial charge in [0, 0.05) is 10.5 Å². The topological polar surface area (TPSA) is 69.0 Å². The minimum Gasteiger partial charge on any atom is -0.449 e. The molecular formula is C14H15BrN4O2. The normalized spacial score (nSPS) is 15.5. The van der Waals surface area contributed by atoms with Gasteiger partial charge in [0.2, 0.25) is 0 Å². The van der Waals surface area contributed by atoms with Crippen molar-refractivity contribution in [3.63, 3.8) is 0 Å². The van der Waals surface area contributed by atoms with Crippen LogP contribution in [0.3, 0.4) is 0 Å². The number of aromatic nitrogens is 3. The van der Waals surface area contributed by atoms with E-state index in [0.29, 0.717) is 6.04 Å². The van der Waals surface area contributed by atoms with E-state index in [1.807, 2.05) is 24.3 Å². The molecule has 1 aromatic heterocycles. The number of hydrogen-bond acceptors (Lipinski definition) is 4. The van der Waals surface area contributed by atoms with Gasteiger partial charge in [-0.3, -0.25) is 4.79 Å². The van der Waals surface area contributed by atoms with Gasteiger partial charge in [0.05, 0.1) is 5.69 Å². The second-order valence-electron chi connectivity index (χ2n) is 4.99. The van der Waals surface area contributed by atoms with Crippen LogP contribution in [-0.2, 0) is 4.79 Å². The molecule has 7 heteroatoms. The average Bonchev–Trinajstić information content (AvgIpc) is 3.16. The number of amides is 1. The predicted molar refractivity (Wildman–Crippen MR) is 80.3 cm³/mol. The molecule has 1 fully saturated rings. The zero-order valence-electron chi connectivity index (χ0n) is 11.5. The van der Waals surface area contributed by atoms with Gasteiger partial charge in [-0.1, -0.05) is 15.9 Å². The molecule has 1 aliphatic carbocycles. The molecule has 0 saturated heterocycles. The van der Waals surface area contributed by atoms with Gasteiger partial charge < -0.3 is 10.1 Å². The number of hydrogen-bond donors (Lipinski definition) is 1. The third kappa shape index (κ3) is 3.60. The number of rotatable bonds is 5. The number of ether oxygens (including phenoxy) is 1. The lowest BCUT2D eigenvalue weighted by Gasteiger charge is -2.11. The van der Waals surface area contributed by atoms with E-state index in [2.05, 4.69) is 31.3 Å². The van der Waals surface area contributed by atoms with Gasteiger partial charge >= 0.3 is 6.01 Å². The number of halogens is 1. The Labute approximate surface area is 130 Å². The van der Waals surface area contributed by atoms with E-state index in [0.717, 1.165) is 23.0 Å². The molecule has 3 rings (SSSR count). The van der Waals surface area contributed by atoms with Crippen LogP contribution in [0.15, 0.2) is 35.1 Å². The van der Waals surface area contributed by atoms with Crippen LogP contribution >= 0.6 is 15.9 Å². The fourth-order valence-corrected chi connectivity index (χ4v) is 2.04. The van der Waals surface area contributed by atoms with Crippen LogP contribution in [0.2, 0.25) is 0 Å². The van der Waals surface area contributed by atoms with Crippen molar-refractivity contribution in [2.45, 2.75) is 31.9 Å². The van der Waals surface area contributed by atoms with E-state index in [4.69, 9.17) is 4.74 Å². The molecule has 0 radical (unpaired) electrons. The monoisotopic (exact) mass is 350 g/mol. The average molecular weight is 351 g/mol. The Morgan fingerprint density at radius 3 is 2.81 bits per heavy atom. The Kier molecular flexibility index (Phi) is 3.92. The number of nitrogens with zero attached hydrogens (tertiary/aromatic N) is 3. The lowest BCUT2D eigenvalue weighted by Crippen LogP contribution is -2.37. The summed E-state index contributed by atoms with van der Waals surface area (Å²) in [5.74, 6) is -0.127. The van der Waals surface area contributed by atoms with Gasteiger partial charge in [0.1, 0.15) is 6.33 Å². The van der Waals surface area contributed by atoms with E-state index in [1.165, 1.54) is 0 Å². The highest BCUT2D eigenvalue weighted by Gasteiger charge is 2.26. The summed E-state index contributed by atoms with van der Waals surface area (Å²) in [5, 5.41) is 7.10. The zero-order chi connectivity index (χ0) is 14.8. The summed E-state index contributed by atoms with van der Waals surface area (Å²) in [5.41, 5.74) is 0.871. The lowest BCUT2D eigenvalue weighted by molar-refractivity contribution is -0.127. The van der Waals surface area contributed by atoms with Crippen molar-refractivity contribution in [3.8, 4) is 11.7 Å². The minimum atomic E-state index is -0.605. The summed E-state index contributed by atoms with van der Waals surface area (Å²) in [6.45, 7) is 1.69. The summed E-state index contributed by atoms with van der Waals surface area (Å²) < 4.78 is 8.06. The van der Waals surface area contributed by atoms with Gasteiger partial charge in [0.25, 0.3) is 5.91 Å². The first-order valence-electron chi connectivity index (χ1n) is 6.76. The van der Waals surface area contributed by atoms with Crippen molar-refractivity contribution >= 4 is 21.8 Å². The van der Waals surface area contributed by atoms with Crippen LogP contribution in [0.4, 0.5) is 0 Å². The molecule has 1 aromatic carbocycles. The van der Waals surface area contributed by atoms with Crippen molar-refractivity contribution in [2.24, 2.45) is 0 Å². The maximum absolute atomic E-state index is 11.8. The Morgan fingerprint density at radius 1 is 1.43 bits per heavy atom. The van der Waals surface area contributed by atoms with Crippen molar-refractivity contribution in [1.29, 1.82) is 0 Å². The molecular weight excluding hydrogens is 336 g/mol. The van der Waals surface area contributed by atoms with Crippen LogP contribution in [0.25, 0.3) is 5.69 Å². The number of carbonyl (C=O) groups excluding carboxylic acids is 1. The number of carbonyl (C=O) groups is 1. The van der Waals surface area contributed by atoms with Gasteiger partial charge in [-0.05, 0) is 44.0 Å². The van der Waals surface area contributed by atoms with Gasteiger partial charge in [0.15, 0.2) is 6.10 Å². The molecule has 0 aliphatic heterocycles. The fourth-order valence-electron chi connectivity index (χ4n) is 1.78. The fraction of sp³-hybridized carbons (Fsp3) is 0.357. The highest BCUT2D eigenvalue weighted by Crippen LogP contribution is 2.19. The first-order chi connectivity index (χ1) is 10.1. The Morgan fingerprint density at radius 2 is 2.14 bits per heavy atom. The van der Waals surface area contributed by atoms with Gasteiger partial charge in [-0.2, -0.15) is 4.98 Å². The van der Waals surface area contributed by atoms with E-state index in [9.17, 15) is 4.79 Å². The summed E-state index contributed by atoms with van der Waals surface area (Å²) in [6.07, 6.45) is 3.06. The van der Waals surface area contributed by atoms with E-state index in [1.54, 1.807) is 17.9 Å². The second kappa shape index (κ2) is 5.85. The van der Waals surface area contributed by atoms with Gasteiger partial charge in [-0.25, -0.2) is 4.68 Å². The zero-order valence-corrected chi connectivity index (χ0v) is 13.1. The molecule has 0 spiro atoms. The lowest BCUT2D eigenvalue weighted by atomic mass is 10.3. The first kappa shape index (κ1) is 14.1. The van der Waals surface area contributed by atoms with Crippen molar-refractivity contribution in [3.05, 3.63) is 35.1 Å². The molecule has 1 unspecified atom stereocenters. The largest absolute Gasteiger partial charge is 0.449 e. The molecule has 110 valence electrons. The minimum absolute atomic E-state index is 0.127. The third-order valence-corrected chi connectivity index (χ3v) is 3.67. The van der Waals surface area contributed by atoms with E-state index >= 15 is 0 Å². The van der Waals surface area contributed by atoms with Crippen LogP contribution < -0.4 is 10.1 Å². The number of nitrogens with one attached hydrogen (secondary N) is 1. The van der Waals surface area contributed by atoms with Crippen molar-refractivity contribution < 1.29 is 9.53 Å². The standard InChI is InChI=1S/C14H15BrN4O2/c1-9(13(20)17-11-4-5-11)21-14-16-8-19(18-14)12-6-2-10(15)3-7-12/h2-3,6-9,11H,4-5H2,1H3,(H,17,20). The summed E-state index contributed by atoms with van der Waals surface area (Å²) in [7, 11) is 0. The highest BCUT2D eigenvalue weighted by atomic mass is 79.9. The summed E-state index contributed by atoms with van der Waals surface area (Å²) in [6, 6.07) is 8.16. The van der Waals surface area contributed by atoms with Crippen LogP contribution in [0.5, 0.6) is 6.01 Å². The summed E-state index contributed by atoms with van der Waals surface area (Å²) >= 11 is 3.38. The highest BCUT2D eigenvalue weighted by molar-refractivity contribution is 9.10. The van der Waals surface area contributed by atoms with Crippen LogP contribution in [0, 0.1) is 0 Å². The molecule has 1 aliphatic rings. The molecule has 1 saturated carbocycles. The molecule has 6 nitrogen and oxygen atoms in total. The Balaban J connectivity index is 1.64. The van der Waals surface area contributed by atoms with Gasteiger partial charge in [-0.15, -0.1) is 5.10 Å². The van der Waals surface area contributed by atoms with Crippen LogP contribution in [-0.4, -0.2) is 32.8 Å². The predicted octanol–water partition coefficient (Wildman–Crippen LogP) is 2.08. The molecule has 0 bridgehead atoms. The molecule has 2 aromatic rings. The number of benzene rings is 1. The maximum atomic E-state index is 11.8. The second-order valence-corrected chi connectivity index (χ2v) is 5.91. The SMILES string of the molecule is CC(Oc1ncn(-c2ccc(Br)cc2)n1)C(=O)NC1CC1. The van der Waals surface area contributed by atoms with Crippen LogP contribution in [0.1, 0.15) is 19.8 Å². The molecule has 21 heavy (non-hydrogen) atoms. The van der Waals surface area contributed by atoms with Crippen molar-refractivity contribution in [1.82, 2.24) is 20.1 Å². The molecule has 1 N–H and O–H groups in total. The smallest absolute Gasteiger partial charge is 0.336 e. The summed E-state index contributed by atoms with van der Waals surface area (Å²) in [4.78, 5) is 15.9. The third-order valence-electron chi connectivity index (χ3n) is 3.14. The maximum Gasteiger partial charge on any atom is 0.336 e. The quantitative estimate of drug-likeness (QED) is 0.896. The first-order valence-corrected chi connectivity index (χ1v) is 7.56.